The number of hydrogen-bond donors (Lipinski definition) is 0. The normalized spacial score (nSPS) is 9.77. The Kier molecular flexibility index (Phi) is 2.51. The summed E-state index contributed by atoms with van der Waals surface area (Å²) in [4.78, 5) is 10.3. The van der Waals surface area contributed by atoms with Gasteiger partial charge >= 0.3 is 5.69 Å². The third-order valence-electron chi connectivity index (χ3n) is 2.07. The number of nitro benzene ring substituents is 1. The molecule has 0 aliphatic rings. The Balaban J connectivity index is 3.41. The molecule has 0 unspecified atom stereocenters. The molecule has 0 aliphatic carbocycles. The lowest BCUT2D eigenvalue weighted by atomic mass is 10.1. The lowest BCUT2D eigenvalue weighted by Crippen LogP contribution is -1.97. The van der Waals surface area contributed by atoms with E-state index < -0.39 is 4.92 Å². The van der Waals surface area contributed by atoms with Gasteiger partial charge in [-0.3, -0.25) is 10.1 Å². The summed E-state index contributed by atoms with van der Waals surface area (Å²) in [5.74, 6) is 0.313. The Bertz CT molecular complexity index is 347. The summed E-state index contributed by atoms with van der Waals surface area (Å²) in [6.07, 6.45) is 0. The van der Waals surface area contributed by atoms with Gasteiger partial charge in [0.15, 0.2) is 5.75 Å². The fraction of sp³-hybridized carbons (Fsp3) is 0.333. The zero-order chi connectivity index (χ0) is 10.0. The van der Waals surface area contributed by atoms with Gasteiger partial charge in [-0.05, 0) is 25.5 Å². The Labute approximate surface area is 76.3 Å². The van der Waals surface area contributed by atoms with Crippen molar-refractivity contribution in [1.29, 1.82) is 0 Å². The molecule has 1 aromatic carbocycles. The van der Waals surface area contributed by atoms with Crippen molar-refractivity contribution in [1.82, 2.24) is 0 Å². The van der Waals surface area contributed by atoms with E-state index in [1.54, 1.807) is 19.1 Å². The number of hydrogen-bond acceptors (Lipinski definition) is 3. The number of nitro groups is 1. The number of methoxy groups -OCH3 is 1. The molecule has 1 rings (SSSR count). The van der Waals surface area contributed by atoms with Gasteiger partial charge in [-0.25, -0.2) is 0 Å². The Morgan fingerprint density at radius 3 is 2.46 bits per heavy atom. The molecule has 0 saturated carbocycles. The van der Waals surface area contributed by atoms with Gasteiger partial charge < -0.3 is 4.74 Å². The summed E-state index contributed by atoms with van der Waals surface area (Å²) in [5.41, 5.74) is 1.61. The molecule has 0 heterocycles. The Hall–Kier alpha value is -1.58. The van der Waals surface area contributed by atoms with Crippen LogP contribution in [0.5, 0.6) is 5.75 Å². The van der Waals surface area contributed by atoms with E-state index in [2.05, 4.69) is 0 Å². The van der Waals surface area contributed by atoms with Crippen LogP contribution in [0.3, 0.4) is 0 Å². The second-order valence-corrected chi connectivity index (χ2v) is 2.82. The summed E-state index contributed by atoms with van der Waals surface area (Å²) < 4.78 is 4.90. The van der Waals surface area contributed by atoms with Crippen molar-refractivity contribution < 1.29 is 9.66 Å². The molecule has 0 atom stereocenters. The monoisotopic (exact) mass is 181 g/mol. The lowest BCUT2D eigenvalue weighted by Gasteiger charge is -2.05. The number of benzene rings is 1. The first-order chi connectivity index (χ1) is 6.07. The van der Waals surface area contributed by atoms with E-state index in [4.69, 9.17) is 4.74 Å². The van der Waals surface area contributed by atoms with Crippen LogP contribution in [0, 0.1) is 24.0 Å². The number of ether oxygens (including phenoxy) is 1. The average Bonchev–Trinajstić information content (AvgIpc) is 2.08. The SMILES string of the molecule is COc1ccc(C)c(C)c1[N+](=O)[O-]. The molecule has 4 heteroatoms. The van der Waals surface area contributed by atoms with E-state index in [1.807, 2.05) is 6.92 Å². The Morgan fingerprint density at radius 1 is 1.38 bits per heavy atom. The van der Waals surface area contributed by atoms with Crippen LogP contribution < -0.4 is 4.74 Å². The molecule has 0 aliphatic heterocycles. The third-order valence-corrected chi connectivity index (χ3v) is 2.07. The third kappa shape index (κ3) is 1.61. The van der Waals surface area contributed by atoms with Crippen LogP contribution in [0.15, 0.2) is 12.1 Å². The first kappa shape index (κ1) is 9.51. The van der Waals surface area contributed by atoms with E-state index in [1.165, 1.54) is 7.11 Å². The molecule has 0 bridgehead atoms. The highest BCUT2D eigenvalue weighted by Crippen LogP contribution is 2.31. The van der Waals surface area contributed by atoms with E-state index in [0.29, 0.717) is 11.3 Å². The fourth-order valence-corrected chi connectivity index (χ4v) is 1.17. The molecule has 0 amide bonds. The molecule has 0 fully saturated rings. The number of aryl methyl sites for hydroxylation is 1. The predicted octanol–water partition coefficient (Wildman–Crippen LogP) is 2.22. The minimum atomic E-state index is -0.416. The quantitative estimate of drug-likeness (QED) is 0.519. The molecular formula is C9H11NO3. The van der Waals surface area contributed by atoms with Crippen LogP contribution in [-0.2, 0) is 0 Å². The standard InChI is InChI=1S/C9H11NO3/c1-6-4-5-8(13-3)9(7(6)2)10(11)12/h4-5H,1-3H3. The van der Waals surface area contributed by atoms with Crippen molar-refractivity contribution in [3.8, 4) is 5.75 Å². The minimum Gasteiger partial charge on any atom is -0.490 e. The average molecular weight is 181 g/mol. The zero-order valence-corrected chi connectivity index (χ0v) is 7.83. The van der Waals surface area contributed by atoms with E-state index in [0.717, 1.165) is 5.56 Å². The highest BCUT2D eigenvalue weighted by Gasteiger charge is 2.18. The molecule has 0 aromatic heterocycles. The molecule has 0 spiro atoms. The molecule has 0 N–H and O–H groups in total. The highest BCUT2D eigenvalue weighted by molar-refractivity contribution is 5.55. The first-order valence-corrected chi connectivity index (χ1v) is 3.86. The topological polar surface area (TPSA) is 52.4 Å². The summed E-state index contributed by atoms with van der Waals surface area (Å²) >= 11 is 0. The summed E-state index contributed by atoms with van der Waals surface area (Å²) in [7, 11) is 1.43. The maximum absolute atomic E-state index is 10.7. The second-order valence-electron chi connectivity index (χ2n) is 2.82. The van der Waals surface area contributed by atoms with Crippen molar-refractivity contribution in [3.05, 3.63) is 33.4 Å². The van der Waals surface area contributed by atoms with Gasteiger partial charge in [-0.1, -0.05) is 6.07 Å². The van der Waals surface area contributed by atoms with Gasteiger partial charge in [-0.15, -0.1) is 0 Å². The molecule has 4 nitrogen and oxygen atoms in total. The van der Waals surface area contributed by atoms with Crippen molar-refractivity contribution in [3.63, 3.8) is 0 Å². The van der Waals surface area contributed by atoms with Gasteiger partial charge in [0.05, 0.1) is 12.0 Å². The van der Waals surface area contributed by atoms with Crippen molar-refractivity contribution in [2.75, 3.05) is 7.11 Å². The lowest BCUT2D eigenvalue weighted by molar-refractivity contribution is -0.386. The van der Waals surface area contributed by atoms with E-state index >= 15 is 0 Å². The van der Waals surface area contributed by atoms with Gasteiger partial charge in [0.25, 0.3) is 0 Å². The molecule has 70 valence electrons. The maximum atomic E-state index is 10.7. The van der Waals surface area contributed by atoms with Gasteiger partial charge in [0.2, 0.25) is 0 Å². The Morgan fingerprint density at radius 2 is 2.00 bits per heavy atom. The zero-order valence-electron chi connectivity index (χ0n) is 7.83. The van der Waals surface area contributed by atoms with E-state index in [9.17, 15) is 10.1 Å². The first-order valence-electron chi connectivity index (χ1n) is 3.86. The maximum Gasteiger partial charge on any atom is 0.314 e. The van der Waals surface area contributed by atoms with Crippen LogP contribution in [0.2, 0.25) is 0 Å². The van der Waals surface area contributed by atoms with Gasteiger partial charge in [0, 0.05) is 5.56 Å². The van der Waals surface area contributed by atoms with Crippen LogP contribution in [-0.4, -0.2) is 12.0 Å². The predicted molar refractivity (Wildman–Crippen MR) is 49.1 cm³/mol. The number of rotatable bonds is 2. The second kappa shape index (κ2) is 3.43. The molecule has 0 saturated heterocycles. The summed E-state index contributed by atoms with van der Waals surface area (Å²) in [6, 6.07) is 3.42. The van der Waals surface area contributed by atoms with Crippen molar-refractivity contribution in [2.24, 2.45) is 0 Å². The van der Waals surface area contributed by atoms with Crippen LogP contribution >= 0.6 is 0 Å². The smallest absolute Gasteiger partial charge is 0.314 e. The van der Waals surface area contributed by atoms with Crippen molar-refractivity contribution >= 4 is 5.69 Å². The summed E-state index contributed by atoms with van der Waals surface area (Å²) in [5, 5.41) is 10.7. The summed E-state index contributed by atoms with van der Waals surface area (Å²) in [6.45, 7) is 3.55. The van der Waals surface area contributed by atoms with Crippen LogP contribution in [0.4, 0.5) is 5.69 Å². The molecule has 0 radical (unpaired) electrons. The molecular weight excluding hydrogens is 170 g/mol. The van der Waals surface area contributed by atoms with Crippen LogP contribution in [0.25, 0.3) is 0 Å². The van der Waals surface area contributed by atoms with Gasteiger partial charge in [0.1, 0.15) is 0 Å². The van der Waals surface area contributed by atoms with Crippen molar-refractivity contribution in [2.45, 2.75) is 13.8 Å². The largest absolute Gasteiger partial charge is 0.490 e. The fourth-order valence-electron chi connectivity index (χ4n) is 1.17. The molecule has 13 heavy (non-hydrogen) atoms. The van der Waals surface area contributed by atoms with E-state index in [-0.39, 0.29) is 5.69 Å². The highest BCUT2D eigenvalue weighted by atomic mass is 16.6. The van der Waals surface area contributed by atoms with Gasteiger partial charge in [-0.2, -0.15) is 0 Å². The molecule has 1 aromatic rings. The van der Waals surface area contributed by atoms with Crippen LogP contribution in [0.1, 0.15) is 11.1 Å². The number of nitrogens with zero attached hydrogens (tertiary/aromatic N) is 1. The minimum absolute atomic E-state index is 0.0579.